The van der Waals surface area contributed by atoms with E-state index in [4.69, 9.17) is 5.73 Å². The summed E-state index contributed by atoms with van der Waals surface area (Å²) >= 11 is 0. The number of nitrogens with zero attached hydrogens (tertiary/aromatic N) is 3. The van der Waals surface area contributed by atoms with Crippen LogP contribution in [0, 0.1) is 12.8 Å². The molecule has 2 N–H and O–H groups in total. The minimum atomic E-state index is 0.532. The van der Waals surface area contributed by atoms with Gasteiger partial charge in [-0.05, 0) is 39.2 Å². The molecule has 1 heterocycles. The first kappa shape index (κ1) is 13.3. The third-order valence-corrected chi connectivity index (χ3v) is 4.04. The van der Waals surface area contributed by atoms with Gasteiger partial charge in [0.25, 0.3) is 0 Å². The van der Waals surface area contributed by atoms with Gasteiger partial charge in [0.15, 0.2) is 0 Å². The second-order valence-corrected chi connectivity index (χ2v) is 5.10. The summed E-state index contributed by atoms with van der Waals surface area (Å²) in [5.41, 5.74) is 6.95. The third kappa shape index (κ3) is 2.64. The number of hydrogen-bond acceptors (Lipinski definition) is 4. The summed E-state index contributed by atoms with van der Waals surface area (Å²) in [5.74, 6) is 1.63. The fourth-order valence-corrected chi connectivity index (χ4v) is 3.10. The molecule has 2 atom stereocenters. The van der Waals surface area contributed by atoms with Crippen molar-refractivity contribution in [1.29, 1.82) is 0 Å². The number of hydrogen-bond donors (Lipinski definition) is 1. The van der Waals surface area contributed by atoms with E-state index in [9.17, 15) is 0 Å². The Morgan fingerprint density at radius 1 is 1.28 bits per heavy atom. The molecule has 2 unspecified atom stereocenters. The van der Waals surface area contributed by atoms with Gasteiger partial charge < -0.3 is 10.6 Å². The average Bonchev–Trinajstić information content (AvgIpc) is 2.42. The molecule has 1 fully saturated rings. The van der Waals surface area contributed by atoms with Gasteiger partial charge >= 0.3 is 0 Å². The van der Waals surface area contributed by atoms with E-state index in [2.05, 4.69) is 21.8 Å². The molecule has 1 aromatic rings. The molecule has 0 radical (unpaired) electrons. The molecular formula is C14H24N4. The Labute approximate surface area is 110 Å². The van der Waals surface area contributed by atoms with Crippen LogP contribution in [-0.4, -0.2) is 29.1 Å². The van der Waals surface area contributed by atoms with Crippen molar-refractivity contribution >= 4 is 5.82 Å². The Morgan fingerprint density at radius 2 is 2.00 bits per heavy atom. The molecule has 100 valence electrons. The van der Waals surface area contributed by atoms with Crippen LogP contribution in [0.2, 0.25) is 0 Å². The first-order valence-electron chi connectivity index (χ1n) is 7.02. The molecule has 18 heavy (non-hydrogen) atoms. The Bertz CT molecular complexity index is 380. The second-order valence-electron chi connectivity index (χ2n) is 5.10. The summed E-state index contributed by atoms with van der Waals surface area (Å²) in [6.07, 6.45) is 8.63. The maximum atomic E-state index is 5.94. The Kier molecular flexibility index (Phi) is 4.53. The van der Waals surface area contributed by atoms with Crippen LogP contribution in [0.1, 0.15) is 38.3 Å². The first-order chi connectivity index (χ1) is 8.77. The van der Waals surface area contributed by atoms with Crippen molar-refractivity contribution in [3.05, 3.63) is 18.1 Å². The van der Waals surface area contributed by atoms with Crippen LogP contribution in [0.15, 0.2) is 12.4 Å². The Balaban J connectivity index is 2.24. The molecule has 0 amide bonds. The molecule has 0 aromatic carbocycles. The fraction of sp³-hybridized carbons (Fsp3) is 0.714. The monoisotopic (exact) mass is 248 g/mol. The van der Waals surface area contributed by atoms with Crippen molar-refractivity contribution in [2.45, 2.75) is 45.6 Å². The molecule has 1 aliphatic rings. The van der Waals surface area contributed by atoms with Crippen LogP contribution in [0.4, 0.5) is 5.82 Å². The largest absolute Gasteiger partial charge is 0.352 e. The lowest BCUT2D eigenvalue weighted by Crippen LogP contribution is -2.46. The maximum Gasteiger partial charge on any atom is 0.150 e. The number of aromatic nitrogens is 2. The lowest BCUT2D eigenvalue weighted by atomic mass is 9.83. The second kappa shape index (κ2) is 6.14. The lowest BCUT2D eigenvalue weighted by molar-refractivity contribution is 0.299. The molecule has 1 aromatic heterocycles. The third-order valence-electron chi connectivity index (χ3n) is 4.04. The summed E-state index contributed by atoms with van der Waals surface area (Å²) < 4.78 is 0. The predicted molar refractivity (Wildman–Crippen MR) is 74.6 cm³/mol. The van der Waals surface area contributed by atoms with Gasteiger partial charge in [-0.1, -0.05) is 12.8 Å². The summed E-state index contributed by atoms with van der Waals surface area (Å²) in [4.78, 5) is 11.3. The maximum absolute atomic E-state index is 5.94. The zero-order valence-electron chi connectivity index (χ0n) is 11.5. The predicted octanol–water partition coefficient (Wildman–Crippen LogP) is 2.13. The van der Waals surface area contributed by atoms with Crippen LogP contribution in [0.3, 0.4) is 0 Å². The summed E-state index contributed by atoms with van der Waals surface area (Å²) in [7, 11) is 0. The van der Waals surface area contributed by atoms with Gasteiger partial charge in [-0.25, -0.2) is 4.98 Å². The van der Waals surface area contributed by atoms with E-state index in [1.165, 1.54) is 25.7 Å². The molecule has 4 nitrogen and oxygen atoms in total. The van der Waals surface area contributed by atoms with Crippen LogP contribution < -0.4 is 10.6 Å². The highest BCUT2D eigenvalue weighted by Crippen LogP contribution is 2.30. The smallest absolute Gasteiger partial charge is 0.150 e. The molecule has 0 bridgehead atoms. The normalized spacial score (nSPS) is 23.9. The van der Waals surface area contributed by atoms with Gasteiger partial charge in [0.05, 0.1) is 5.69 Å². The lowest BCUT2D eigenvalue weighted by Gasteiger charge is -2.40. The molecule has 0 aliphatic heterocycles. The quantitative estimate of drug-likeness (QED) is 0.887. The highest BCUT2D eigenvalue weighted by molar-refractivity contribution is 5.43. The van der Waals surface area contributed by atoms with Crippen molar-refractivity contribution in [2.24, 2.45) is 11.7 Å². The van der Waals surface area contributed by atoms with Crippen LogP contribution in [-0.2, 0) is 0 Å². The molecule has 0 saturated heterocycles. The minimum absolute atomic E-state index is 0.532. The fourth-order valence-electron chi connectivity index (χ4n) is 3.10. The van der Waals surface area contributed by atoms with E-state index < -0.39 is 0 Å². The Hall–Kier alpha value is -1.16. The zero-order chi connectivity index (χ0) is 13.0. The zero-order valence-corrected chi connectivity index (χ0v) is 11.5. The van der Waals surface area contributed by atoms with Crippen molar-refractivity contribution in [3.8, 4) is 0 Å². The van der Waals surface area contributed by atoms with Crippen molar-refractivity contribution in [3.63, 3.8) is 0 Å². The Morgan fingerprint density at radius 3 is 2.67 bits per heavy atom. The number of nitrogens with two attached hydrogens (primary N) is 1. The van der Waals surface area contributed by atoms with Gasteiger partial charge in [-0.15, -0.1) is 0 Å². The molecular weight excluding hydrogens is 224 g/mol. The summed E-state index contributed by atoms with van der Waals surface area (Å²) in [6.45, 7) is 5.97. The van der Waals surface area contributed by atoms with Crippen LogP contribution in [0.25, 0.3) is 0 Å². The average molecular weight is 248 g/mol. The molecule has 1 saturated carbocycles. The van der Waals surface area contributed by atoms with E-state index in [0.717, 1.165) is 24.6 Å². The van der Waals surface area contributed by atoms with E-state index in [1.54, 1.807) is 12.4 Å². The molecule has 4 heteroatoms. The number of anilines is 1. The number of aryl methyl sites for hydroxylation is 1. The molecule has 1 aliphatic carbocycles. The van der Waals surface area contributed by atoms with E-state index in [0.29, 0.717) is 12.0 Å². The topological polar surface area (TPSA) is 55.0 Å². The minimum Gasteiger partial charge on any atom is -0.352 e. The van der Waals surface area contributed by atoms with Crippen molar-refractivity contribution in [2.75, 3.05) is 18.0 Å². The van der Waals surface area contributed by atoms with Crippen LogP contribution >= 0.6 is 0 Å². The SMILES string of the molecule is CCN(c1nccnc1C)C1CCCCC1CN. The molecule has 2 rings (SSSR count). The highest BCUT2D eigenvalue weighted by Gasteiger charge is 2.30. The van der Waals surface area contributed by atoms with Gasteiger partial charge in [0.2, 0.25) is 0 Å². The highest BCUT2D eigenvalue weighted by atomic mass is 15.2. The molecule has 0 spiro atoms. The van der Waals surface area contributed by atoms with Crippen molar-refractivity contribution < 1.29 is 0 Å². The van der Waals surface area contributed by atoms with Gasteiger partial charge in [-0.2, -0.15) is 0 Å². The van der Waals surface area contributed by atoms with Gasteiger partial charge in [-0.3, -0.25) is 4.98 Å². The number of rotatable bonds is 4. The standard InChI is InChI=1S/C14H24N4/c1-3-18(14-11(2)16-8-9-17-14)13-7-5-4-6-12(13)10-15/h8-9,12-13H,3-7,10,15H2,1-2H3. The van der Waals surface area contributed by atoms with Gasteiger partial charge in [0, 0.05) is 25.0 Å². The van der Waals surface area contributed by atoms with Crippen molar-refractivity contribution in [1.82, 2.24) is 9.97 Å². The first-order valence-corrected chi connectivity index (χ1v) is 7.02. The summed E-state index contributed by atoms with van der Waals surface area (Å²) in [6, 6.07) is 0.532. The van der Waals surface area contributed by atoms with E-state index in [1.807, 2.05) is 6.92 Å². The van der Waals surface area contributed by atoms with Gasteiger partial charge in [0.1, 0.15) is 5.82 Å². The van der Waals surface area contributed by atoms with E-state index in [-0.39, 0.29) is 0 Å². The van der Waals surface area contributed by atoms with E-state index >= 15 is 0 Å². The van der Waals surface area contributed by atoms with Crippen LogP contribution in [0.5, 0.6) is 0 Å². The summed E-state index contributed by atoms with van der Waals surface area (Å²) in [5, 5.41) is 0.